The molecule has 7 heteroatoms. The van der Waals surface area contributed by atoms with Gasteiger partial charge in [-0.15, -0.1) is 0 Å². The third kappa shape index (κ3) is 3.51. The molecule has 1 fully saturated rings. The van der Waals surface area contributed by atoms with Crippen molar-refractivity contribution in [1.29, 1.82) is 0 Å². The quantitative estimate of drug-likeness (QED) is 0.607. The number of hydrogen-bond donors (Lipinski definition) is 0. The topological polar surface area (TPSA) is 85.6 Å². The molecule has 1 aromatic heterocycles. The van der Waals surface area contributed by atoms with Gasteiger partial charge < -0.3 is 0 Å². The maximum Gasteiger partial charge on any atom is 0.314 e. The molecule has 136 valence electrons. The van der Waals surface area contributed by atoms with Crippen LogP contribution in [0.15, 0.2) is 6.07 Å². The van der Waals surface area contributed by atoms with Gasteiger partial charge in [0, 0.05) is 18.1 Å². The summed E-state index contributed by atoms with van der Waals surface area (Å²) in [6.07, 6.45) is 6.19. The van der Waals surface area contributed by atoms with Crippen molar-refractivity contribution in [3.63, 3.8) is 0 Å². The third-order valence-corrected chi connectivity index (χ3v) is 5.16. The van der Waals surface area contributed by atoms with Gasteiger partial charge in [0.15, 0.2) is 5.78 Å². The smallest absolute Gasteiger partial charge is 0.294 e. The minimum Gasteiger partial charge on any atom is -0.294 e. The van der Waals surface area contributed by atoms with Crippen LogP contribution in [0.3, 0.4) is 0 Å². The van der Waals surface area contributed by atoms with E-state index in [2.05, 4.69) is 4.98 Å². The van der Waals surface area contributed by atoms with E-state index in [9.17, 15) is 14.9 Å². The molecule has 0 N–H and O–H groups in total. The van der Waals surface area contributed by atoms with E-state index in [1.54, 1.807) is 5.06 Å². The molecule has 0 aromatic carbocycles. The lowest BCUT2D eigenvalue weighted by molar-refractivity contribution is -0.384. The van der Waals surface area contributed by atoms with Crippen molar-refractivity contribution in [3.05, 3.63) is 27.4 Å². The summed E-state index contributed by atoms with van der Waals surface area (Å²) in [5.41, 5.74) is 0.682. The van der Waals surface area contributed by atoms with E-state index < -0.39 is 4.92 Å². The molecule has 0 amide bonds. The molecule has 0 atom stereocenters. The summed E-state index contributed by atoms with van der Waals surface area (Å²) in [6.45, 7) is 4.04. The Morgan fingerprint density at radius 1 is 1.28 bits per heavy atom. The van der Waals surface area contributed by atoms with Crippen molar-refractivity contribution < 1.29 is 14.6 Å². The Labute approximate surface area is 147 Å². The summed E-state index contributed by atoms with van der Waals surface area (Å²) in [7, 11) is 1.52. The van der Waals surface area contributed by atoms with Crippen molar-refractivity contribution in [2.75, 3.05) is 12.2 Å². The van der Waals surface area contributed by atoms with E-state index in [4.69, 9.17) is 4.84 Å². The predicted molar refractivity (Wildman–Crippen MR) is 93.7 cm³/mol. The second-order valence-electron chi connectivity index (χ2n) is 7.82. The molecule has 25 heavy (non-hydrogen) atoms. The first-order valence-corrected chi connectivity index (χ1v) is 8.87. The lowest BCUT2D eigenvalue weighted by atomic mass is 9.75. The Hall–Kier alpha value is -2.02. The monoisotopic (exact) mass is 347 g/mol. The molecule has 0 aliphatic heterocycles. The highest BCUT2D eigenvalue weighted by Gasteiger charge is 2.37. The number of rotatable bonds is 4. The number of carbonyl (C=O) groups is 1. The molecule has 3 rings (SSSR count). The number of hydroxylamine groups is 1. The summed E-state index contributed by atoms with van der Waals surface area (Å²) in [5.74, 6) is 0.152. The van der Waals surface area contributed by atoms with E-state index >= 15 is 0 Å². The molecular weight excluding hydrogens is 322 g/mol. The second kappa shape index (κ2) is 6.71. The van der Waals surface area contributed by atoms with Gasteiger partial charge in [0.1, 0.15) is 0 Å². The molecule has 2 aliphatic rings. The fraction of sp³-hybridized carbons (Fsp3) is 0.667. The minimum atomic E-state index is -0.468. The fourth-order valence-corrected chi connectivity index (χ4v) is 3.97. The molecule has 0 unspecified atom stereocenters. The first kappa shape index (κ1) is 17.8. The number of fused-ring (bicyclic) bond motifs is 1. The molecule has 0 saturated heterocycles. The summed E-state index contributed by atoms with van der Waals surface area (Å²) in [6, 6.07) is 1.47. The van der Waals surface area contributed by atoms with E-state index in [0.717, 1.165) is 25.7 Å². The third-order valence-electron chi connectivity index (χ3n) is 5.16. The molecule has 0 spiro atoms. The van der Waals surface area contributed by atoms with Crippen LogP contribution in [0.1, 0.15) is 68.4 Å². The number of nitro groups is 1. The first-order valence-electron chi connectivity index (χ1n) is 8.87. The van der Waals surface area contributed by atoms with Gasteiger partial charge in [-0.05, 0) is 24.7 Å². The summed E-state index contributed by atoms with van der Waals surface area (Å²) in [4.78, 5) is 33.7. The minimum absolute atomic E-state index is 0.0740. The zero-order valence-electron chi connectivity index (χ0n) is 15.1. The average Bonchev–Trinajstić information content (AvgIpc) is 2.54. The first-order chi connectivity index (χ1) is 11.8. The van der Waals surface area contributed by atoms with Crippen molar-refractivity contribution in [2.24, 2.45) is 5.41 Å². The van der Waals surface area contributed by atoms with Crippen molar-refractivity contribution in [2.45, 2.75) is 64.8 Å². The summed E-state index contributed by atoms with van der Waals surface area (Å²) >= 11 is 0. The number of anilines is 1. The fourth-order valence-electron chi connectivity index (χ4n) is 3.97. The maximum atomic E-state index is 12.4. The highest BCUT2D eigenvalue weighted by molar-refractivity contribution is 5.99. The van der Waals surface area contributed by atoms with Gasteiger partial charge in [-0.3, -0.25) is 19.7 Å². The van der Waals surface area contributed by atoms with Crippen molar-refractivity contribution >= 4 is 17.3 Å². The number of aromatic nitrogens is 1. The molecule has 0 radical (unpaired) electrons. The van der Waals surface area contributed by atoms with Crippen LogP contribution in [-0.4, -0.2) is 28.8 Å². The van der Waals surface area contributed by atoms with Crippen LogP contribution in [-0.2, 0) is 11.3 Å². The number of nitrogens with zero attached hydrogens (tertiary/aromatic N) is 3. The summed E-state index contributed by atoms with van der Waals surface area (Å²) < 4.78 is 0. The van der Waals surface area contributed by atoms with Crippen LogP contribution < -0.4 is 5.06 Å². The Kier molecular flexibility index (Phi) is 4.77. The molecule has 2 aliphatic carbocycles. The number of Topliss-reactive ketones (excluding diaryl/α,β-unsaturated/α-hetero) is 1. The normalized spacial score (nSPS) is 20.2. The molecule has 1 aromatic rings. The Morgan fingerprint density at radius 3 is 2.56 bits per heavy atom. The average molecular weight is 347 g/mol. The highest BCUT2D eigenvalue weighted by atomic mass is 16.7. The van der Waals surface area contributed by atoms with Crippen LogP contribution in [0.4, 0.5) is 11.5 Å². The standard InChI is InChI=1S/C18H25N3O4/c1-18(2)10-14-13(16(22)11-18)9-15(21(23)24)17(19-14)20(25-3)12-7-5-4-6-8-12/h9,12H,4-8,10-11H2,1-3H3. The van der Waals surface area contributed by atoms with Crippen LogP contribution in [0, 0.1) is 15.5 Å². The van der Waals surface area contributed by atoms with Gasteiger partial charge in [0.05, 0.1) is 23.8 Å². The lowest BCUT2D eigenvalue weighted by Gasteiger charge is -2.34. The molecule has 1 heterocycles. The van der Waals surface area contributed by atoms with E-state index in [-0.39, 0.29) is 28.7 Å². The number of hydrogen-bond acceptors (Lipinski definition) is 6. The molecule has 1 saturated carbocycles. The van der Waals surface area contributed by atoms with Gasteiger partial charge in [-0.2, -0.15) is 0 Å². The largest absolute Gasteiger partial charge is 0.314 e. The molecule has 0 bridgehead atoms. The Bertz CT molecular complexity index is 696. The predicted octanol–water partition coefficient (Wildman–Crippen LogP) is 3.85. The van der Waals surface area contributed by atoms with Crippen molar-refractivity contribution in [1.82, 2.24) is 4.98 Å². The van der Waals surface area contributed by atoms with Crippen LogP contribution in [0.25, 0.3) is 0 Å². The number of ketones is 1. The van der Waals surface area contributed by atoms with Crippen LogP contribution in [0.2, 0.25) is 0 Å². The number of pyridine rings is 1. The van der Waals surface area contributed by atoms with E-state index in [1.165, 1.54) is 19.6 Å². The van der Waals surface area contributed by atoms with Gasteiger partial charge in [-0.1, -0.05) is 33.1 Å². The van der Waals surface area contributed by atoms with Gasteiger partial charge in [0.25, 0.3) is 0 Å². The Morgan fingerprint density at radius 2 is 1.96 bits per heavy atom. The van der Waals surface area contributed by atoms with Crippen molar-refractivity contribution in [3.8, 4) is 0 Å². The number of carbonyl (C=O) groups excluding carboxylic acids is 1. The van der Waals surface area contributed by atoms with Crippen LogP contribution in [0.5, 0.6) is 0 Å². The zero-order chi connectivity index (χ0) is 18.2. The lowest BCUT2D eigenvalue weighted by Crippen LogP contribution is -2.38. The summed E-state index contributed by atoms with van der Waals surface area (Å²) in [5, 5.41) is 13.2. The highest BCUT2D eigenvalue weighted by Crippen LogP contribution is 2.39. The van der Waals surface area contributed by atoms with Gasteiger partial charge in [-0.25, -0.2) is 10.0 Å². The van der Waals surface area contributed by atoms with Gasteiger partial charge in [0.2, 0.25) is 5.82 Å². The SMILES string of the molecule is CON(c1nc2c(cc1[N+](=O)[O-])C(=O)CC(C)(C)C2)C1CCCCC1. The van der Waals surface area contributed by atoms with E-state index in [0.29, 0.717) is 24.1 Å². The van der Waals surface area contributed by atoms with Gasteiger partial charge >= 0.3 is 5.69 Å². The van der Waals surface area contributed by atoms with E-state index in [1.807, 2.05) is 13.8 Å². The van der Waals surface area contributed by atoms with Crippen LogP contribution >= 0.6 is 0 Å². The maximum absolute atomic E-state index is 12.4. The Balaban J connectivity index is 2.08. The second-order valence-corrected chi connectivity index (χ2v) is 7.82. The molecular formula is C18H25N3O4. The zero-order valence-corrected chi connectivity index (χ0v) is 15.1. The molecule has 7 nitrogen and oxygen atoms in total.